The van der Waals surface area contributed by atoms with E-state index in [1.807, 2.05) is 13.8 Å². The van der Waals surface area contributed by atoms with Gasteiger partial charge in [0.1, 0.15) is 6.17 Å². The maximum absolute atomic E-state index is 17.3. The van der Waals surface area contributed by atoms with E-state index < -0.39 is 70.0 Å². The monoisotopic (exact) mass is 524 g/mol. The lowest BCUT2D eigenvalue weighted by Gasteiger charge is -2.62. The van der Waals surface area contributed by atoms with Crippen LogP contribution in [0.15, 0.2) is 23.8 Å². The molecule has 0 aliphatic heterocycles. The third-order valence-corrected chi connectivity index (χ3v) is 10.3. The van der Waals surface area contributed by atoms with E-state index in [4.69, 9.17) is 9.47 Å². The number of ether oxygens (including phenoxy) is 2. The molecule has 1 unspecified atom stereocenters. The van der Waals surface area contributed by atoms with E-state index in [2.05, 4.69) is 0 Å². The van der Waals surface area contributed by atoms with Crippen molar-refractivity contribution in [2.75, 3.05) is 6.61 Å². The summed E-state index contributed by atoms with van der Waals surface area (Å²) < 4.78 is 43.8. The lowest BCUT2D eigenvalue weighted by Crippen LogP contribution is -2.71. The van der Waals surface area contributed by atoms with Crippen molar-refractivity contribution in [3.05, 3.63) is 23.8 Å². The van der Waals surface area contributed by atoms with Crippen molar-refractivity contribution in [1.82, 2.24) is 0 Å². The number of alkyl halides is 2. The molecule has 0 bridgehead atoms. The number of carboxylic acids is 1. The molecule has 0 radical (unpaired) electrons. The fraction of sp³-hybridized carbons (Fsp3) is 0.750. The number of allylic oxidation sites excluding steroid dienone is 4. The maximum Gasteiger partial charge on any atom is 0.509 e. The number of aliphatic carboxylic acids is 1. The number of aliphatic hydroxyl groups excluding tert-OH is 1. The molecule has 0 amide bonds. The van der Waals surface area contributed by atoms with Crippen LogP contribution in [-0.2, 0) is 19.1 Å². The van der Waals surface area contributed by atoms with Gasteiger partial charge in [0.25, 0.3) is 0 Å². The smallest absolute Gasteiger partial charge is 0.478 e. The Labute approximate surface area is 216 Å². The van der Waals surface area contributed by atoms with Crippen LogP contribution in [0.5, 0.6) is 0 Å². The minimum atomic E-state index is -2.34. The second-order valence-corrected chi connectivity index (χ2v) is 11.9. The highest BCUT2D eigenvalue weighted by molar-refractivity contribution is 6.01. The number of rotatable bonds is 6. The Kier molecular flexibility index (Phi) is 6.88. The zero-order valence-corrected chi connectivity index (χ0v) is 22.1. The first-order valence-corrected chi connectivity index (χ1v) is 13.3. The molecule has 9 heteroatoms. The minimum Gasteiger partial charge on any atom is -0.478 e. The zero-order chi connectivity index (χ0) is 27.6. The highest BCUT2D eigenvalue weighted by Gasteiger charge is 2.78. The maximum atomic E-state index is 17.3. The fourth-order valence-electron chi connectivity index (χ4n) is 8.11. The standard InChI is InChI=1S/C28H38F2O7/c1-6-16(7-2)14-36-24(35)37-28(23(33)34)15(3)10-18-19-12-21(29)20-11-17(31)8-9-25(20,4)27(19,30)22(32)13-26(18,28)5/h8-9,11,15-16,18-19,21-22,32H,6-7,10,12-14H2,1-5H3,(H,33,34)/t15-,18+,19+,21+,22+,25+,26+,27?,28-/m1/s1. The van der Waals surface area contributed by atoms with Crippen LogP contribution >= 0.6 is 0 Å². The van der Waals surface area contributed by atoms with Gasteiger partial charge in [0.2, 0.25) is 5.60 Å². The van der Waals surface area contributed by atoms with Crippen molar-refractivity contribution in [3.8, 4) is 0 Å². The van der Waals surface area contributed by atoms with Gasteiger partial charge in [-0.25, -0.2) is 18.4 Å². The van der Waals surface area contributed by atoms with Gasteiger partial charge >= 0.3 is 12.1 Å². The van der Waals surface area contributed by atoms with Crippen LogP contribution in [0.2, 0.25) is 0 Å². The third-order valence-electron chi connectivity index (χ3n) is 10.3. The SMILES string of the molecule is CCC(CC)COC(=O)O[C@@]1(C(=O)O)[C@H](C)C[C@H]2[C@@H]3C[C@H](F)C4=CC(=O)C=C[C@]4(C)C3(F)[C@@H](O)C[C@@]21C. The molecule has 37 heavy (non-hydrogen) atoms. The normalized spacial score (nSPS) is 44.5. The lowest BCUT2D eigenvalue weighted by atomic mass is 9.44. The van der Waals surface area contributed by atoms with Gasteiger partial charge in [-0.05, 0) is 55.7 Å². The zero-order valence-electron chi connectivity index (χ0n) is 22.1. The van der Waals surface area contributed by atoms with E-state index in [1.54, 1.807) is 13.8 Å². The van der Waals surface area contributed by atoms with Crippen LogP contribution in [-0.4, -0.2) is 58.3 Å². The van der Waals surface area contributed by atoms with Gasteiger partial charge in [0, 0.05) is 22.7 Å². The Hall–Kier alpha value is -2.29. The average molecular weight is 525 g/mol. The molecule has 9 atom stereocenters. The molecular weight excluding hydrogens is 486 g/mol. The molecule has 7 nitrogen and oxygen atoms in total. The molecule has 4 aliphatic carbocycles. The molecule has 0 saturated heterocycles. The molecular formula is C28H38F2O7. The fourth-order valence-corrected chi connectivity index (χ4v) is 8.11. The van der Waals surface area contributed by atoms with E-state index in [0.717, 1.165) is 18.9 Å². The van der Waals surface area contributed by atoms with Gasteiger partial charge < -0.3 is 19.7 Å². The van der Waals surface area contributed by atoms with Crippen LogP contribution in [0.1, 0.15) is 66.7 Å². The molecule has 206 valence electrons. The number of hydrogen-bond acceptors (Lipinski definition) is 6. The topological polar surface area (TPSA) is 110 Å². The summed E-state index contributed by atoms with van der Waals surface area (Å²) in [5.41, 5.74) is -7.40. The summed E-state index contributed by atoms with van der Waals surface area (Å²) in [4.78, 5) is 37.7. The van der Waals surface area contributed by atoms with Crippen molar-refractivity contribution in [1.29, 1.82) is 0 Å². The highest BCUT2D eigenvalue weighted by Crippen LogP contribution is 2.71. The largest absolute Gasteiger partial charge is 0.509 e. The summed E-state index contributed by atoms with van der Waals surface area (Å²) >= 11 is 0. The number of carbonyl (C=O) groups excluding carboxylic acids is 2. The molecule has 0 aromatic rings. The first-order valence-electron chi connectivity index (χ1n) is 13.3. The van der Waals surface area contributed by atoms with Crippen LogP contribution in [0.3, 0.4) is 0 Å². The average Bonchev–Trinajstić information content (AvgIpc) is 3.05. The van der Waals surface area contributed by atoms with Gasteiger partial charge in [-0.2, -0.15) is 0 Å². The first-order chi connectivity index (χ1) is 17.2. The number of carbonyl (C=O) groups is 3. The van der Waals surface area contributed by atoms with E-state index >= 15 is 8.78 Å². The van der Waals surface area contributed by atoms with Crippen molar-refractivity contribution < 1.29 is 42.9 Å². The minimum absolute atomic E-state index is 0.00169. The highest BCUT2D eigenvalue weighted by atomic mass is 19.1. The quantitative estimate of drug-likeness (QED) is 0.473. The molecule has 0 spiro atoms. The van der Waals surface area contributed by atoms with Crippen molar-refractivity contribution >= 4 is 17.9 Å². The molecule has 0 heterocycles. The summed E-state index contributed by atoms with van der Waals surface area (Å²) in [6.45, 7) is 8.70. The Morgan fingerprint density at radius 2 is 1.84 bits per heavy atom. The number of halogens is 2. The van der Waals surface area contributed by atoms with Crippen molar-refractivity contribution in [2.45, 2.75) is 90.3 Å². The number of carboxylic acid groups (broad SMARTS) is 1. The summed E-state index contributed by atoms with van der Waals surface area (Å²) in [7, 11) is 0. The molecule has 3 saturated carbocycles. The molecule has 2 N–H and O–H groups in total. The van der Waals surface area contributed by atoms with Crippen LogP contribution in [0, 0.1) is 34.5 Å². The van der Waals surface area contributed by atoms with Gasteiger partial charge in [-0.3, -0.25) is 4.79 Å². The Morgan fingerprint density at radius 1 is 1.19 bits per heavy atom. The Bertz CT molecular complexity index is 1040. The van der Waals surface area contributed by atoms with Gasteiger partial charge in [-0.15, -0.1) is 0 Å². The predicted octanol–water partition coefficient (Wildman–Crippen LogP) is 4.96. The van der Waals surface area contributed by atoms with Crippen LogP contribution < -0.4 is 0 Å². The predicted molar refractivity (Wildman–Crippen MR) is 130 cm³/mol. The van der Waals surface area contributed by atoms with Gasteiger partial charge in [0.05, 0.1) is 12.7 Å². The number of aliphatic hydroxyl groups is 1. The molecule has 3 fully saturated rings. The Morgan fingerprint density at radius 3 is 2.43 bits per heavy atom. The first kappa shape index (κ1) is 27.7. The second kappa shape index (κ2) is 9.17. The molecule has 0 aromatic heterocycles. The van der Waals surface area contributed by atoms with Crippen molar-refractivity contribution in [2.24, 2.45) is 34.5 Å². The summed E-state index contributed by atoms with van der Waals surface area (Å²) in [5.74, 6) is -4.26. The van der Waals surface area contributed by atoms with E-state index in [-0.39, 0.29) is 37.4 Å². The van der Waals surface area contributed by atoms with Crippen LogP contribution in [0.25, 0.3) is 0 Å². The Balaban J connectivity index is 1.74. The summed E-state index contributed by atoms with van der Waals surface area (Å²) in [6.07, 6.45) is 0.285. The number of fused-ring (bicyclic) bond motifs is 5. The van der Waals surface area contributed by atoms with E-state index in [1.165, 1.54) is 19.1 Å². The van der Waals surface area contributed by atoms with E-state index in [9.17, 15) is 24.6 Å². The summed E-state index contributed by atoms with van der Waals surface area (Å²) in [5, 5.41) is 21.9. The lowest BCUT2D eigenvalue weighted by molar-refractivity contribution is -0.231. The van der Waals surface area contributed by atoms with Crippen LogP contribution in [0.4, 0.5) is 13.6 Å². The van der Waals surface area contributed by atoms with Gasteiger partial charge in [-0.1, -0.05) is 46.6 Å². The molecule has 0 aromatic carbocycles. The van der Waals surface area contributed by atoms with E-state index in [0.29, 0.717) is 0 Å². The number of ketones is 1. The van der Waals surface area contributed by atoms with Gasteiger partial charge in [0.15, 0.2) is 11.5 Å². The number of hydrogen-bond donors (Lipinski definition) is 2. The molecule has 4 rings (SSSR count). The second-order valence-electron chi connectivity index (χ2n) is 11.9. The third kappa shape index (κ3) is 3.62. The summed E-state index contributed by atoms with van der Waals surface area (Å²) in [6, 6.07) is 0. The molecule has 4 aliphatic rings. The van der Waals surface area contributed by atoms with Crippen molar-refractivity contribution in [3.63, 3.8) is 0 Å².